The number of esters is 1. The van der Waals surface area contributed by atoms with Gasteiger partial charge in [-0.15, -0.1) is 0 Å². The van der Waals surface area contributed by atoms with Crippen LogP contribution in [0.3, 0.4) is 0 Å². The Hall–Kier alpha value is -1.61. The lowest BCUT2D eigenvalue weighted by atomic mass is 10.1. The van der Waals surface area contributed by atoms with Crippen LogP contribution in [-0.4, -0.2) is 37.2 Å². The second kappa shape index (κ2) is 6.02. The molecule has 1 atom stereocenters. The van der Waals surface area contributed by atoms with Crippen LogP contribution in [0, 0.1) is 0 Å². The second-order valence-electron chi connectivity index (χ2n) is 5.37. The van der Waals surface area contributed by atoms with E-state index in [0.29, 0.717) is 6.61 Å². The molecule has 0 amide bonds. The van der Waals surface area contributed by atoms with Crippen LogP contribution < -0.4 is 0 Å². The maximum atomic E-state index is 11.7. The zero-order valence-electron chi connectivity index (χ0n) is 11.8. The lowest BCUT2D eigenvalue weighted by molar-refractivity contribution is -0.918. The molecule has 0 fully saturated rings. The summed E-state index contributed by atoms with van der Waals surface area (Å²) in [6.45, 7) is 5.18. The number of hydrogen-bond donors (Lipinski definition) is 0. The summed E-state index contributed by atoms with van der Waals surface area (Å²) in [4.78, 5) is 11.7. The lowest BCUT2D eigenvalue weighted by Crippen LogP contribution is -2.46. The number of carbonyl (C=O) groups is 1. The van der Waals surface area contributed by atoms with E-state index in [2.05, 4.69) is 31.3 Å². The van der Waals surface area contributed by atoms with Crippen LogP contribution in [0.4, 0.5) is 0 Å². The molecule has 0 radical (unpaired) electrons. The van der Waals surface area contributed by atoms with Gasteiger partial charge in [0.2, 0.25) is 0 Å². The number of quaternary nitrogens is 1. The zero-order chi connectivity index (χ0) is 13.7. The SMILES string of the molecule is CCOC(=O)C1=CC[N@@+](C)(Cc2ccccc2)CC1. The standard InChI is InChI=1S/C16H22NO2/c1-3-19-16(18)15-9-11-17(2,12-10-15)13-14-7-5-4-6-8-14/h4-9H,3,10-13H2,1-2H3/q+1/t17-/m1/s1. The van der Waals surface area contributed by atoms with Crippen LogP contribution in [0.2, 0.25) is 0 Å². The van der Waals surface area contributed by atoms with Crippen molar-refractivity contribution in [1.29, 1.82) is 0 Å². The molecule has 1 aromatic carbocycles. The molecule has 0 saturated carbocycles. The van der Waals surface area contributed by atoms with Crippen LogP contribution in [0.15, 0.2) is 42.0 Å². The van der Waals surface area contributed by atoms with Crippen molar-refractivity contribution in [3.63, 3.8) is 0 Å². The Balaban J connectivity index is 1.99. The van der Waals surface area contributed by atoms with Crippen molar-refractivity contribution < 1.29 is 14.0 Å². The highest BCUT2D eigenvalue weighted by Crippen LogP contribution is 2.21. The maximum Gasteiger partial charge on any atom is 0.334 e. The van der Waals surface area contributed by atoms with E-state index in [-0.39, 0.29) is 5.97 Å². The molecular formula is C16H22NO2+. The lowest BCUT2D eigenvalue weighted by Gasteiger charge is -2.36. The fraction of sp³-hybridized carbons (Fsp3) is 0.438. The molecule has 2 rings (SSSR count). The summed E-state index contributed by atoms with van der Waals surface area (Å²) >= 11 is 0. The molecule has 0 spiro atoms. The third-order valence-corrected chi connectivity index (χ3v) is 3.64. The fourth-order valence-corrected chi connectivity index (χ4v) is 2.49. The van der Waals surface area contributed by atoms with Gasteiger partial charge in [-0.3, -0.25) is 0 Å². The van der Waals surface area contributed by atoms with Crippen molar-refractivity contribution in [1.82, 2.24) is 0 Å². The molecule has 0 bridgehead atoms. The average molecular weight is 260 g/mol. The van der Waals surface area contributed by atoms with Gasteiger partial charge in [0.1, 0.15) is 6.54 Å². The summed E-state index contributed by atoms with van der Waals surface area (Å²) in [6.07, 6.45) is 2.85. The van der Waals surface area contributed by atoms with Crippen molar-refractivity contribution >= 4 is 5.97 Å². The van der Waals surface area contributed by atoms with Gasteiger partial charge >= 0.3 is 5.97 Å². The van der Waals surface area contributed by atoms with Crippen LogP contribution in [0.25, 0.3) is 0 Å². The smallest absolute Gasteiger partial charge is 0.334 e. The monoisotopic (exact) mass is 260 g/mol. The van der Waals surface area contributed by atoms with Gasteiger partial charge in [0.15, 0.2) is 0 Å². The summed E-state index contributed by atoms with van der Waals surface area (Å²) in [5.74, 6) is -0.145. The molecule has 0 aromatic heterocycles. The number of ether oxygens (including phenoxy) is 1. The molecule has 102 valence electrons. The molecule has 3 nitrogen and oxygen atoms in total. The Morgan fingerprint density at radius 3 is 2.63 bits per heavy atom. The fourth-order valence-electron chi connectivity index (χ4n) is 2.49. The first-order chi connectivity index (χ1) is 9.13. The van der Waals surface area contributed by atoms with E-state index >= 15 is 0 Å². The molecule has 1 aliphatic rings. The molecule has 0 saturated heterocycles. The van der Waals surface area contributed by atoms with E-state index in [1.54, 1.807) is 0 Å². The van der Waals surface area contributed by atoms with E-state index in [1.807, 2.05) is 19.1 Å². The quantitative estimate of drug-likeness (QED) is 0.614. The summed E-state index contributed by atoms with van der Waals surface area (Å²) < 4.78 is 6.00. The highest BCUT2D eigenvalue weighted by Gasteiger charge is 2.28. The van der Waals surface area contributed by atoms with Crippen molar-refractivity contribution in [3.05, 3.63) is 47.5 Å². The normalized spacial score (nSPS) is 22.7. The first-order valence-electron chi connectivity index (χ1n) is 6.86. The van der Waals surface area contributed by atoms with Crippen LogP contribution >= 0.6 is 0 Å². The third kappa shape index (κ3) is 3.67. The Morgan fingerprint density at radius 2 is 2.05 bits per heavy atom. The Bertz CT molecular complexity index is 467. The molecule has 0 aliphatic carbocycles. The van der Waals surface area contributed by atoms with Crippen molar-refractivity contribution in [3.8, 4) is 0 Å². The second-order valence-corrected chi connectivity index (χ2v) is 5.37. The first kappa shape index (κ1) is 13.8. The van der Waals surface area contributed by atoms with E-state index in [4.69, 9.17) is 4.74 Å². The maximum absolute atomic E-state index is 11.7. The van der Waals surface area contributed by atoms with Crippen molar-refractivity contribution in [2.75, 3.05) is 26.7 Å². The summed E-state index contributed by atoms with van der Waals surface area (Å²) in [5.41, 5.74) is 2.18. The zero-order valence-corrected chi connectivity index (χ0v) is 11.8. The van der Waals surface area contributed by atoms with Crippen LogP contribution in [-0.2, 0) is 16.1 Å². The average Bonchev–Trinajstić information content (AvgIpc) is 2.40. The van der Waals surface area contributed by atoms with Gasteiger partial charge in [-0.1, -0.05) is 30.3 Å². The number of carbonyl (C=O) groups excluding carboxylic acids is 1. The predicted molar refractivity (Wildman–Crippen MR) is 75.4 cm³/mol. The van der Waals surface area contributed by atoms with Crippen LogP contribution in [0.5, 0.6) is 0 Å². The molecule has 1 heterocycles. The van der Waals surface area contributed by atoms with E-state index in [1.165, 1.54) is 5.56 Å². The summed E-state index contributed by atoms with van der Waals surface area (Å²) in [7, 11) is 2.24. The molecule has 3 heteroatoms. The third-order valence-electron chi connectivity index (χ3n) is 3.64. The van der Waals surface area contributed by atoms with E-state index < -0.39 is 0 Å². The highest BCUT2D eigenvalue weighted by molar-refractivity contribution is 5.88. The number of benzene rings is 1. The molecule has 1 aromatic rings. The molecular weight excluding hydrogens is 238 g/mol. The van der Waals surface area contributed by atoms with Crippen molar-refractivity contribution in [2.24, 2.45) is 0 Å². The molecule has 1 aliphatic heterocycles. The van der Waals surface area contributed by atoms with Crippen molar-refractivity contribution in [2.45, 2.75) is 19.9 Å². The van der Waals surface area contributed by atoms with Gasteiger partial charge in [-0.05, 0) is 13.0 Å². The predicted octanol–water partition coefficient (Wildman–Crippen LogP) is 2.53. The minimum Gasteiger partial charge on any atom is -0.463 e. The van der Waals surface area contributed by atoms with Gasteiger partial charge in [-0.25, -0.2) is 4.79 Å². The highest BCUT2D eigenvalue weighted by atomic mass is 16.5. The number of rotatable bonds is 4. The van der Waals surface area contributed by atoms with Gasteiger partial charge in [0, 0.05) is 17.6 Å². The number of hydrogen-bond acceptors (Lipinski definition) is 2. The molecule has 0 unspecified atom stereocenters. The largest absolute Gasteiger partial charge is 0.463 e. The Labute approximate surface area is 115 Å². The number of nitrogens with zero attached hydrogens (tertiary/aromatic N) is 1. The van der Waals surface area contributed by atoms with Gasteiger partial charge in [0.25, 0.3) is 0 Å². The van der Waals surface area contributed by atoms with E-state index in [9.17, 15) is 4.79 Å². The Morgan fingerprint density at radius 1 is 1.32 bits per heavy atom. The minimum absolute atomic E-state index is 0.145. The first-order valence-corrected chi connectivity index (χ1v) is 6.86. The summed E-state index contributed by atoms with van der Waals surface area (Å²) in [6, 6.07) is 10.5. The van der Waals surface area contributed by atoms with Crippen LogP contribution in [0.1, 0.15) is 18.9 Å². The van der Waals surface area contributed by atoms with E-state index in [0.717, 1.165) is 36.1 Å². The summed E-state index contributed by atoms with van der Waals surface area (Å²) in [5, 5.41) is 0. The van der Waals surface area contributed by atoms with Gasteiger partial charge in [-0.2, -0.15) is 0 Å². The minimum atomic E-state index is -0.145. The number of likely N-dealkylation sites (N-methyl/N-ethyl adjacent to an activating group) is 1. The topological polar surface area (TPSA) is 26.3 Å². The Kier molecular flexibility index (Phi) is 4.38. The molecule has 19 heavy (non-hydrogen) atoms. The van der Waals surface area contributed by atoms with Gasteiger partial charge < -0.3 is 9.22 Å². The molecule has 0 N–H and O–H groups in total. The van der Waals surface area contributed by atoms with Gasteiger partial charge in [0.05, 0.1) is 26.7 Å².